The second-order valence-corrected chi connectivity index (χ2v) is 11.6. The van der Waals surface area contributed by atoms with Crippen LogP contribution in [-0.4, -0.2) is 3.26 Å². The Hall–Kier alpha value is -3.36. The number of hydrogen-bond donors (Lipinski definition) is 0. The molecule has 0 aliphatic heterocycles. The van der Waals surface area contributed by atoms with Crippen LogP contribution in [0.25, 0.3) is 32.7 Å². The molecule has 0 saturated heterocycles. The van der Waals surface area contributed by atoms with Crippen molar-refractivity contribution >= 4 is 24.8 Å². The summed E-state index contributed by atoms with van der Waals surface area (Å²) in [6, 6.07) is 48.5. The maximum absolute atomic E-state index is 3.48. The van der Waals surface area contributed by atoms with Gasteiger partial charge in [-0.3, -0.25) is 6.08 Å². The van der Waals surface area contributed by atoms with Crippen molar-refractivity contribution in [2.24, 2.45) is 0 Å². The Morgan fingerprint density at radius 2 is 1.21 bits per heavy atom. The van der Waals surface area contributed by atoms with Crippen molar-refractivity contribution in [3.63, 3.8) is 0 Å². The van der Waals surface area contributed by atoms with Gasteiger partial charge in [-0.2, -0.15) is 6.08 Å². The Bertz CT molecular complexity index is 1800. The summed E-state index contributed by atoms with van der Waals surface area (Å²) < 4.78 is 1.46. The van der Waals surface area contributed by atoms with Gasteiger partial charge in [0.25, 0.3) is 0 Å². The van der Waals surface area contributed by atoms with Gasteiger partial charge in [-0.1, -0.05) is 53.9 Å². The van der Waals surface area contributed by atoms with Gasteiger partial charge in [0.2, 0.25) is 0 Å². The summed E-state index contributed by atoms with van der Waals surface area (Å²) in [7, 11) is 0. The van der Waals surface area contributed by atoms with E-state index in [4.69, 9.17) is 0 Å². The molecule has 6 aromatic rings. The largest absolute Gasteiger partial charge is 0.147 e. The summed E-state index contributed by atoms with van der Waals surface area (Å²) in [6.07, 6.45) is 11.0. The van der Waals surface area contributed by atoms with Crippen LogP contribution in [0.4, 0.5) is 0 Å². The first-order valence-electron chi connectivity index (χ1n) is 13.6. The average Bonchev–Trinajstić information content (AvgIpc) is 3.75. The first-order valence-corrected chi connectivity index (χ1v) is 15.4. The van der Waals surface area contributed by atoms with Crippen LogP contribution in [0, 0.1) is 12.1 Å². The number of allylic oxidation sites excluding steroid dienone is 4. The first-order chi connectivity index (χ1) is 19.8. The standard InChI is InChI=1S/C21H13.C13H10.C5H5.2ClH.Hf/c1-2-8-15-14(7-1)13-20-18-11-4-3-9-16(18)17-10-5-6-12-19(17)21(15)20;1-3-7-12(8-4-1)11-13-9-5-2-6-10-13;1-2-4-5-3-1;;;/h1-10,12H,13H2;1-10H;1-3H,4H2;2*1H;/q-1;;-1;;;+2/p-2. The summed E-state index contributed by atoms with van der Waals surface area (Å²) in [5.41, 5.74) is 8.38. The van der Waals surface area contributed by atoms with Crippen LogP contribution in [0.5, 0.6) is 0 Å². The zero-order chi connectivity index (χ0) is 27.1. The van der Waals surface area contributed by atoms with E-state index in [0.717, 1.165) is 36.7 Å². The van der Waals surface area contributed by atoms with Gasteiger partial charge in [-0.05, 0) is 28.5 Å². The summed E-state index contributed by atoms with van der Waals surface area (Å²) in [5.74, 6) is 0. The third-order valence-electron chi connectivity index (χ3n) is 7.31. The SMILES string of the molecule is [C-]1=CC=CC1.[Cl-].[Cl-].[Hf+2]=[C](c1ccccc1)c1ccccc1.[c-]1cccc2c1c1c(c3ccccc32)-c2ccccc2C1. The molecule has 0 nitrogen and oxygen atoms in total. The summed E-state index contributed by atoms with van der Waals surface area (Å²) in [5, 5.41) is 5.30. The minimum Gasteiger partial charge on any atom is -0.147 e. The van der Waals surface area contributed by atoms with Crippen LogP contribution >= 0.6 is 0 Å². The van der Waals surface area contributed by atoms with E-state index in [0.29, 0.717) is 0 Å². The molecule has 204 valence electrons. The Balaban J connectivity index is 0.000000168. The van der Waals surface area contributed by atoms with Crippen LogP contribution in [-0.2, 0) is 30.3 Å². The fraction of sp³-hybridized carbons (Fsp3) is 0.0513. The predicted molar refractivity (Wildman–Crippen MR) is 166 cm³/mol. The fourth-order valence-corrected chi connectivity index (χ4v) is 6.64. The van der Waals surface area contributed by atoms with Crippen molar-refractivity contribution in [3.8, 4) is 11.1 Å². The molecule has 42 heavy (non-hydrogen) atoms. The number of rotatable bonds is 2. The number of halogens is 2. The maximum atomic E-state index is 3.48. The molecule has 8 rings (SSSR count). The molecule has 0 N–H and O–H groups in total. The molecule has 0 bridgehead atoms. The van der Waals surface area contributed by atoms with Crippen molar-refractivity contribution in [3.05, 3.63) is 180 Å². The monoisotopic (exact) mass is 746 g/mol. The molecule has 0 saturated carbocycles. The second kappa shape index (κ2) is 15.2. The normalized spacial score (nSPS) is 11.7. The number of fused-ring (bicyclic) bond motifs is 8. The second-order valence-electron chi connectivity index (χ2n) is 9.80. The Morgan fingerprint density at radius 1 is 0.619 bits per heavy atom. The molecule has 0 spiro atoms. The third kappa shape index (κ3) is 6.81. The van der Waals surface area contributed by atoms with E-state index in [1.165, 1.54) is 58.2 Å². The minimum absolute atomic E-state index is 0. The van der Waals surface area contributed by atoms with Gasteiger partial charge in [-0.25, -0.2) is 12.2 Å². The Kier molecular flexibility index (Phi) is 11.4. The van der Waals surface area contributed by atoms with Gasteiger partial charge in [0.05, 0.1) is 0 Å². The van der Waals surface area contributed by atoms with Crippen LogP contribution < -0.4 is 24.8 Å². The van der Waals surface area contributed by atoms with Crippen LogP contribution in [0.3, 0.4) is 0 Å². The zero-order valence-corrected chi connectivity index (χ0v) is 28.1. The van der Waals surface area contributed by atoms with Crippen molar-refractivity contribution in [2.45, 2.75) is 12.8 Å². The van der Waals surface area contributed by atoms with E-state index in [1.54, 1.807) is 0 Å². The molecule has 3 heteroatoms. The number of benzene rings is 6. The van der Waals surface area contributed by atoms with Crippen LogP contribution in [0.2, 0.25) is 0 Å². The molecule has 2 aliphatic rings. The molecule has 0 radical (unpaired) electrons. The van der Waals surface area contributed by atoms with E-state index in [-0.39, 0.29) is 24.8 Å². The molecule has 0 unspecified atom stereocenters. The van der Waals surface area contributed by atoms with Gasteiger partial charge in [0.15, 0.2) is 0 Å². The molecule has 0 heterocycles. The van der Waals surface area contributed by atoms with E-state index < -0.39 is 0 Å². The molecule has 2 aliphatic carbocycles. The maximum Gasteiger partial charge on any atom is -0.0240 e. The van der Waals surface area contributed by atoms with Crippen molar-refractivity contribution in [1.82, 2.24) is 0 Å². The van der Waals surface area contributed by atoms with Crippen molar-refractivity contribution in [2.75, 3.05) is 0 Å². The van der Waals surface area contributed by atoms with E-state index in [9.17, 15) is 0 Å². The molecule has 0 aromatic heterocycles. The van der Waals surface area contributed by atoms with Gasteiger partial charge in [0, 0.05) is 0 Å². The minimum atomic E-state index is 0. The zero-order valence-electron chi connectivity index (χ0n) is 23.0. The van der Waals surface area contributed by atoms with Gasteiger partial charge >= 0.3 is 98.9 Å². The molecule has 0 fully saturated rings. The topological polar surface area (TPSA) is 0 Å². The smallest absolute Gasteiger partial charge is 0.0240 e. The number of hydrogen-bond acceptors (Lipinski definition) is 0. The summed E-state index contributed by atoms with van der Waals surface area (Å²) >= 11 is 1.08. The summed E-state index contributed by atoms with van der Waals surface area (Å²) in [6.45, 7) is 0. The van der Waals surface area contributed by atoms with Crippen LogP contribution in [0.15, 0.2) is 146 Å². The first kappa shape index (κ1) is 31.6. The van der Waals surface area contributed by atoms with E-state index in [1.807, 2.05) is 18.2 Å². The Morgan fingerprint density at radius 3 is 1.83 bits per heavy atom. The summed E-state index contributed by atoms with van der Waals surface area (Å²) in [4.78, 5) is 0. The van der Waals surface area contributed by atoms with Gasteiger partial charge < -0.3 is 24.8 Å². The molecular weight excluding hydrogens is 718 g/mol. The van der Waals surface area contributed by atoms with Crippen molar-refractivity contribution < 1.29 is 48.7 Å². The van der Waals surface area contributed by atoms with E-state index in [2.05, 4.69) is 140 Å². The van der Waals surface area contributed by atoms with Gasteiger partial charge in [-0.15, -0.1) is 47.0 Å². The molecule has 0 atom stereocenters. The quantitative estimate of drug-likeness (QED) is 0.145. The molecule has 0 amide bonds. The van der Waals surface area contributed by atoms with Crippen molar-refractivity contribution in [1.29, 1.82) is 0 Å². The van der Waals surface area contributed by atoms with E-state index >= 15 is 0 Å². The fourth-order valence-electron chi connectivity index (χ4n) is 5.44. The molecular formula is C39H28Cl2Hf-2. The Labute approximate surface area is 275 Å². The predicted octanol–water partition coefficient (Wildman–Crippen LogP) is 3.48. The average molecular weight is 746 g/mol. The molecule has 6 aromatic carbocycles. The van der Waals surface area contributed by atoms with Crippen LogP contribution in [0.1, 0.15) is 28.7 Å². The van der Waals surface area contributed by atoms with Gasteiger partial charge in [0.1, 0.15) is 0 Å². The third-order valence-corrected chi connectivity index (χ3v) is 9.39.